The second-order valence-electron chi connectivity index (χ2n) is 3.20. The van der Waals surface area contributed by atoms with Gasteiger partial charge in [-0.05, 0) is 6.54 Å². The molecular weight excluding hydrogens is 196 g/mol. The first-order chi connectivity index (χ1) is 7.26. The molecule has 0 saturated heterocycles. The number of carbonyl (C=O) groups excluding carboxylic acids is 1. The SMILES string of the molecule is COc1nc(CCN)nc2c1CNC2=O. The molecule has 0 radical (unpaired) electrons. The van der Waals surface area contributed by atoms with E-state index in [1.54, 1.807) is 0 Å². The lowest BCUT2D eigenvalue weighted by molar-refractivity contribution is 0.0961. The monoisotopic (exact) mass is 208 g/mol. The number of nitrogens with two attached hydrogens (primary N) is 1. The number of hydrogen-bond donors (Lipinski definition) is 2. The summed E-state index contributed by atoms with van der Waals surface area (Å²) in [6, 6.07) is 0. The molecule has 1 aliphatic rings. The van der Waals surface area contributed by atoms with Crippen molar-refractivity contribution >= 4 is 5.91 Å². The van der Waals surface area contributed by atoms with Crippen LogP contribution in [0, 0.1) is 0 Å². The Bertz CT molecular complexity index is 405. The topological polar surface area (TPSA) is 90.1 Å². The molecule has 1 aromatic rings. The lowest BCUT2D eigenvalue weighted by Gasteiger charge is -2.06. The van der Waals surface area contributed by atoms with Crippen molar-refractivity contribution in [3.63, 3.8) is 0 Å². The van der Waals surface area contributed by atoms with Gasteiger partial charge < -0.3 is 15.8 Å². The Labute approximate surface area is 86.9 Å². The molecule has 2 heterocycles. The van der Waals surface area contributed by atoms with Gasteiger partial charge in [0.1, 0.15) is 11.5 Å². The van der Waals surface area contributed by atoms with E-state index in [1.165, 1.54) is 7.11 Å². The van der Waals surface area contributed by atoms with Gasteiger partial charge in [-0.3, -0.25) is 4.79 Å². The zero-order valence-corrected chi connectivity index (χ0v) is 8.41. The van der Waals surface area contributed by atoms with Crippen LogP contribution in [0.1, 0.15) is 21.9 Å². The molecule has 15 heavy (non-hydrogen) atoms. The molecule has 80 valence electrons. The number of methoxy groups -OCH3 is 1. The third-order valence-corrected chi connectivity index (χ3v) is 2.22. The summed E-state index contributed by atoms with van der Waals surface area (Å²) in [6.45, 7) is 0.879. The molecule has 0 bridgehead atoms. The Hall–Kier alpha value is -1.69. The van der Waals surface area contributed by atoms with E-state index >= 15 is 0 Å². The molecule has 6 heteroatoms. The van der Waals surface area contributed by atoms with Gasteiger partial charge in [0.25, 0.3) is 5.91 Å². The first-order valence-corrected chi connectivity index (χ1v) is 4.68. The van der Waals surface area contributed by atoms with Crippen molar-refractivity contribution in [3.05, 3.63) is 17.1 Å². The highest BCUT2D eigenvalue weighted by molar-refractivity contribution is 5.96. The number of hydrogen-bond acceptors (Lipinski definition) is 5. The van der Waals surface area contributed by atoms with Crippen molar-refractivity contribution in [3.8, 4) is 5.88 Å². The fourth-order valence-electron chi connectivity index (χ4n) is 1.52. The van der Waals surface area contributed by atoms with Crippen molar-refractivity contribution < 1.29 is 9.53 Å². The minimum absolute atomic E-state index is 0.177. The predicted molar refractivity (Wildman–Crippen MR) is 52.5 cm³/mol. The average molecular weight is 208 g/mol. The lowest BCUT2D eigenvalue weighted by Crippen LogP contribution is -2.14. The van der Waals surface area contributed by atoms with E-state index in [9.17, 15) is 4.79 Å². The third-order valence-electron chi connectivity index (χ3n) is 2.22. The Morgan fingerprint density at radius 1 is 1.53 bits per heavy atom. The van der Waals surface area contributed by atoms with Crippen molar-refractivity contribution in [2.45, 2.75) is 13.0 Å². The highest BCUT2D eigenvalue weighted by Gasteiger charge is 2.26. The predicted octanol–water partition coefficient (Wildman–Crippen LogP) is -0.770. The minimum Gasteiger partial charge on any atom is -0.481 e. The largest absolute Gasteiger partial charge is 0.481 e. The van der Waals surface area contributed by atoms with Crippen molar-refractivity contribution in [1.82, 2.24) is 15.3 Å². The molecule has 0 aliphatic carbocycles. The van der Waals surface area contributed by atoms with Gasteiger partial charge in [0.05, 0.1) is 19.2 Å². The summed E-state index contributed by atoms with van der Waals surface area (Å²) < 4.78 is 5.11. The van der Waals surface area contributed by atoms with Crippen LogP contribution in [-0.4, -0.2) is 29.5 Å². The van der Waals surface area contributed by atoms with E-state index in [0.717, 1.165) is 5.56 Å². The molecule has 6 nitrogen and oxygen atoms in total. The number of rotatable bonds is 3. The molecule has 1 aromatic heterocycles. The summed E-state index contributed by atoms with van der Waals surface area (Å²) in [4.78, 5) is 19.7. The molecular formula is C9H12N4O2. The number of amides is 1. The van der Waals surface area contributed by atoms with E-state index in [2.05, 4.69) is 15.3 Å². The molecule has 2 rings (SSSR count). The number of ether oxygens (including phenoxy) is 1. The first-order valence-electron chi connectivity index (χ1n) is 4.68. The molecule has 0 unspecified atom stereocenters. The van der Waals surface area contributed by atoms with Gasteiger partial charge in [-0.1, -0.05) is 0 Å². The average Bonchev–Trinajstić information content (AvgIpc) is 2.60. The van der Waals surface area contributed by atoms with Crippen LogP contribution in [0.5, 0.6) is 5.88 Å². The smallest absolute Gasteiger partial charge is 0.270 e. The molecule has 0 spiro atoms. The molecule has 0 atom stereocenters. The second-order valence-corrected chi connectivity index (χ2v) is 3.20. The van der Waals surface area contributed by atoms with Crippen LogP contribution >= 0.6 is 0 Å². The van der Waals surface area contributed by atoms with Crippen LogP contribution in [0.15, 0.2) is 0 Å². The highest BCUT2D eigenvalue weighted by atomic mass is 16.5. The zero-order chi connectivity index (χ0) is 10.8. The summed E-state index contributed by atoms with van der Waals surface area (Å²) in [6.07, 6.45) is 0.539. The van der Waals surface area contributed by atoms with Gasteiger partial charge in [-0.15, -0.1) is 0 Å². The second kappa shape index (κ2) is 3.82. The normalized spacial score (nSPS) is 13.6. The first kappa shape index (κ1) is 9.85. The molecule has 3 N–H and O–H groups in total. The maximum absolute atomic E-state index is 11.4. The highest BCUT2D eigenvalue weighted by Crippen LogP contribution is 2.22. The fourth-order valence-corrected chi connectivity index (χ4v) is 1.52. The quantitative estimate of drug-likeness (QED) is 0.680. The van der Waals surface area contributed by atoms with Crippen molar-refractivity contribution in [1.29, 1.82) is 0 Å². The molecule has 0 fully saturated rings. The number of nitrogens with one attached hydrogen (secondary N) is 1. The van der Waals surface area contributed by atoms with E-state index in [0.29, 0.717) is 36.9 Å². The van der Waals surface area contributed by atoms with Crippen LogP contribution in [-0.2, 0) is 13.0 Å². The van der Waals surface area contributed by atoms with E-state index in [1.807, 2.05) is 0 Å². The Morgan fingerprint density at radius 2 is 2.33 bits per heavy atom. The summed E-state index contributed by atoms with van der Waals surface area (Å²) in [5.74, 6) is 0.830. The summed E-state index contributed by atoms with van der Waals surface area (Å²) in [7, 11) is 1.53. The third kappa shape index (κ3) is 1.63. The van der Waals surface area contributed by atoms with E-state index in [-0.39, 0.29) is 5.91 Å². The van der Waals surface area contributed by atoms with Crippen LogP contribution in [0.3, 0.4) is 0 Å². The van der Waals surface area contributed by atoms with Gasteiger partial charge in [0, 0.05) is 6.42 Å². The number of fused-ring (bicyclic) bond motifs is 1. The van der Waals surface area contributed by atoms with Gasteiger partial charge in [-0.25, -0.2) is 4.98 Å². The number of nitrogens with zero attached hydrogens (tertiary/aromatic N) is 2. The Morgan fingerprint density at radius 3 is 3.00 bits per heavy atom. The van der Waals surface area contributed by atoms with E-state index in [4.69, 9.17) is 10.5 Å². The number of carbonyl (C=O) groups is 1. The number of aromatic nitrogens is 2. The fraction of sp³-hybridized carbons (Fsp3) is 0.444. The molecule has 0 aromatic carbocycles. The molecule has 1 amide bonds. The molecule has 0 saturated carbocycles. The van der Waals surface area contributed by atoms with Crippen LogP contribution < -0.4 is 15.8 Å². The zero-order valence-electron chi connectivity index (χ0n) is 8.41. The van der Waals surface area contributed by atoms with Crippen molar-refractivity contribution in [2.75, 3.05) is 13.7 Å². The maximum atomic E-state index is 11.4. The molecule has 1 aliphatic heterocycles. The van der Waals surface area contributed by atoms with Crippen molar-refractivity contribution in [2.24, 2.45) is 5.73 Å². The summed E-state index contributed by atoms with van der Waals surface area (Å²) in [5, 5.41) is 2.68. The van der Waals surface area contributed by atoms with E-state index < -0.39 is 0 Å². The van der Waals surface area contributed by atoms with Crippen LogP contribution in [0.25, 0.3) is 0 Å². The summed E-state index contributed by atoms with van der Waals surface area (Å²) in [5.41, 5.74) is 6.54. The minimum atomic E-state index is -0.177. The Balaban J connectivity index is 2.48. The van der Waals surface area contributed by atoms with Crippen LogP contribution in [0.2, 0.25) is 0 Å². The maximum Gasteiger partial charge on any atom is 0.270 e. The Kier molecular flexibility index (Phi) is 2.51. The van der Waals surface area contributed by atoms with Gasteiger partial charge >= 0.3 is 0 Å². The van der Waals surface area contributed by atoms with Gasteiger partial charge in [-0.2, -0.15) is 4.98 Å². The lowest BCUT2D eigenvalue weighted by atomic mass is 10.2. The van der Waals surface area contributed by atoms with Gasteiger partial charge in [0.15, 0.2) is 0 Å². The standard InChI is InChI=1S/C9H12N4O2/c1-15-9-5-4-11-8(14)7(5)12-6(13-9)2-3-10/h2-4,10H2,1H3,(H,11,14). The van der Waals surface area contributed by atoms with Gasteiger partial charge in [0.2, 0.25) is 5.88 Å². The summed E-state index contributed by atoms with van der Waals surface area (Å²) >= 11 is 0. The van der Waals surface area contributed by atoms with Crippen LogP contribution in [0.4, 0.5) is 0 Å².